The summed E-state index contributed by atoms with van der Waals surface area (Å²) >= 11 is 11.8. The molecule has 0 unspecified atom stereocenters. The Hall–Kier alpha value is -3.02. The maximum Gasteiger partial charge on any atom is 0.338 e. The number of rotatable bonds is 5. The maximum atomic E-state index is 12.3. The van der Waals surface area contributed by atoms with Gasteiger partial charge in [-0.3, -0.25) is 4.79 Å². The van der Waals surface area contributed by atoms with Gasteiger partial charge in [0.2, 0.25) is 0 Å². The highest BCUT2D eigenvalue weighted by atomic mass is 35.5. The average molecular weight is 430 g/mol. The van der Waals surface area contributed by atoms with Crippen LogP contribution in [0.3, 0.4) is 0 Å². The predicted octanol–water partition coefficient (Wildman–Crippen LogP) is 5.55. The van der Waals surface area contributed by atoms with Gasteiger partial charge in [-0.25, -0.2) is 4.79 Å². The van der Waals surface area contributed by atoms with E-state index in [1.807, 2.05) is 0 Å². The van der Waals surface area contributed by atoms with Crippen LogP contribution in [-0.4, -0.2) is 23.1 Å². The number of esters is 1. The Balaban J connectivity index is 1.62. The number of carbonyl (C=O) groups is 2. The molecule has 148 valence electrons. The monoisotopic (exact) mass is 429 g/mol. The van der Waals surface area contributed by atoms with Crippen molar-refractivity contribution in [3.8, 4) is 16.9 Å². The van der Waals surface area contributed by atoms with Crippen molar-refractivity contribution >= 4 is 40.8 Å². The van der Waals surface area contributed by atoms with Crippen LogP contribution in [-0.2, 0) is 9.53 Å². The lowest BCUT2D eigenvalue weighted by molar-refractivity contribution is -0.123. The van der Waals surface area contributed by atoms with Gasteiger partial charge in [0.1, 0.15) is 5.75 Å². The van der Waals surface area contributed by atoms with Gasteiger partial charge in [-0.1, -0.05) is 47.5 Å². The summed E-state index contributed by atoms with van der Waals surface area (Å²) in [5.41, 5.74) is 2.51. The summed E-state index contributed by atoms with van der Waals surface area (Å²) in [7, 11) is 0. The van der Waals surface area contributed by atoms with Crippen molar-refractivity contribution in [3.63, 3.8) is 0 Å². The van der Waals surface area contributed by atoms with Crippen LogP contribution in [0.4, 0.5) is 5.69 Å². The molecule has 0 aliphatic rings. The smallest absolute Gasteiger partial charge is 0.338 e. The van der Waals surface area contributed by atoms with Crippen molar-refractivity contribution in [1.82, 2.24) is 0 Å². The van der Waals surface area contributed by atoms with Crippen LogP contribution in [0.5, 0.6) is 5.75 Å². The van der Waals surface area contributed by atoms with Crippen molar-refractivity contribution in [2.75, 3.05) is 5.32 Å². The number of hydrogen-bond donors (Lipinski definition) is 2. The zero-order valence-corrected chi connectivity index (χ0v) is 16.9. The van der Waals surface area contributed by atoms with Gasteiger partial charge in [-0.2, -0.15) is 0 Å². The van der Waals surface area contributed by atoms with Crippen molar-refractivity contribution < 1.29 is 19.4 Å². The standard InChI is InChI=1S/C22H17Cl2NO4/c1-13(21(27)25-19-11-17(23)10-18(24)12-19)29-22(28)16-4-2-14(3-5-16)15-6-8-20(26)9-7-15/h2-13,26H,1H3,(H,25,27)/t13-/m0/s1. The first-order chi connectivity index (χ1) is 13.8. The molecular formula is C22H17Cl2NO4. The maximum absolute atomic E-state index is 12.3. The molecule has 0 saturated carbocycles. The number of hydrogen-bond acceptors (Lipinski definition) is 4. The van der Waals surface area contributed by atoms with E-state index in [0.717, 1.165) is 11.1 Å². The third-order valence-electron chi connectivity index (χ3n) is 4.10. The summed E-state index contributed by atoms with van der Waals surface area (Å²) in [4.78, 5) is 24.6. The number of ether oxygens (including phenoxy) is 1. The minimum Gasteiger partial charge on any atom is -0.508 e. The van der Waals surface area contributed by atoms with Crippen LogP contribution in [0.2, 0.25) is 10.0 Å². The number of anilines is 1. The van der Waals surface area contributed by atoms with E-state index >= 15 is 0 Å². The molecule has 0 aliphatic heterocycles. The fourth-order valence-electron chi connectivity index (χ4n) is 2.60. The number of amides is 1. The van der Waals surface area contributed by atoms with Crippen molar-refractivity contribution in [2.24, 2.45) is 0 Å². The van der Waals surface area contributed by atoms with E-state index in [4.69, 9.17) is 27.9 Å². The molecule has 7 heteroatoms. The summed E-state index contributed by atoms with van der Waals surface area (Å²) < 4.78 is 5.24. The van der Waals surface area contributed by atoms with E-state index in [9.17, 15) is 14.7 Å². The number of aromatic hydroxyl groups is 1. The Bertz CT molecular complexity index is 1010. The highest BCUT2D eigenvalue weighted by Crippen LogP contribution is 2.24. The molecule has 0 heterocycles. The number of carbonyl (C=O) groups excluding carboxylic acids is 2. The number of benzene rings is 3. The lowest BCUT2D eigenvalue weighted by Gasteiger charge is -2.14. The molecule has 0 radical (unpaired) electrons. The normalized spacial score (nSPS) is 11.6. The first kappa shape index (κ1) is 20.7. The Morgan fingerprint density at radius 2 is 1.41 bits per heavy atom. The van der Waals surface area contributed by atoms with Crippen LogP contribution in [0.25, 0.3) is 11.1 Å². The number of phenols is 1. The summed E-state index contributed by atoms with van der Waals surface area (Å²) in [6, 6.07) is 18.1. The zero-order chi connectivity index (χ0) is 21.0. The van der Waals surface area contributed by atoms with E-state index in [2.05, 4.69) is 5.32 Å². The van der Waals surface area contributed by atoms with Crippen molar-refractivity contribution in [3.05, 3.63) is 82.3 Å². The van der Waals surface area contributed by atoms with Crippen LogP contribution >= 0.6 is 23.2 Å². The van der Waals surface area contributed by atoms with E-state index in [1.165, 1.54) is 6.92 Å². The van der Waals surface area contributed by atoms with Crippen molar-refractivity contribution in [1.29, 1.82) is 0 Å². The van der Waals surface area contributed by atoms with Crippen LogP contribution in [0, 0.1) is 0 Å². The Kier molecular flexibility index (Phi) is 6.42. The fraction of sp³-hybridized carbons (Fsp3) is 0.0909. The molecule has 0 spiro atoms. The van der Waals surface area contributed by atoms with Crippen LogP contribution in [0.15, 0.2) is 66.7 Å². The molecule has 0 fully saturated rings. The van der Waals surface area contributed by atoms with E-state index in [0.29, 0.717) is 21.3 Å². The first-order valence-electron chi connectivity index (χ1n) is 8.69. The number of nitrogens with one attached hydrogen (secondary N) is 1. The second-order valence-corrected chi connectivity index (χ2v) is 7.19. The molecule has 0 bridgehead atoms. The highest BCUT2D eigenvalue weighted by molar-refractivity contribution is 6.35. The molecule has 3 aromatic rings. The SMILES string of the molecule is C[C@H](OC(=O)c1ccc(-c2ccc(O)cc2)cc1)C(=O)Nc1cc(Cl)cc(Cl)c1. The Morgan fingerprint density at radius 1 is 0.897 bits per heavy atom. The van der Waals surface area contributed by atoms with Gasteiger partial charge in [-0.15, -0.1) is 0 Å². The van der Waals surface area contributed by atoms with E-state index in [1.54, 1.807) is 66.7 Å². The number of halogens is 2. The molecule has 0 aromatic heterocycles. The summed E-state index contributed by atoms with van der Waals surface area (Å²) in [6.45, 7) is 1.48. The van der Waals surface area contributed by atoms with Crippen LogP contribution < -0.4 is 5.32 Å². The average Bonchev–Trinajstić information content (AvgIpc) is 2.68. The lowest BCUT2D eigenvalue weighted by atomic mass is 10.0. The summed E-state index contributed by atoms with van der Waals surface area (Å²) in [6.07, 6.45) is -1.02. The van der Waals surface area contributed by atoms with Crippen molar-refractivity contribution in [2.45, 2.75) is 13.0 Å². The molecule has 2 N–H and O–H groups in total. The second-order valence-electron chi connectivity index (χ2n) is 6.32. The quantitative estimate of drug-likeness (QED) is 0.521. The van der Waals surface area contributed by atoms with Gasteiger partial charge in [0.05, 0.1) is 5.56 Å². The van der Waals surface area contributed by atoms with Gasteiger partial charge in [0, 0.05) is 15.7 Å². The molecule has 3 rings (SSSR count). The number of phenolic OH excluding ortho intramolecular Hbond substituents is 1. The van der Waals surface area contributed by atoms with Gasteiger partial charge in [0.25, 0.3) is 5.91 Å². The Morgan fingerprint density at radius 3 is 1.97 bits per heavy atom. The molecule has 3 aromatic carbocycles. The second kappa shape index (κ2) is 8.99. The molecule has 29 heavy (non-hydrogen) atoms. The molecule has 1 amide bonds. The molecule has 1 atom stereocenters. The molecule has 0 aliphatic carbocycles. The van der Waals surface area contributed by atoms with Gasteiger partial charge < -0.3 is 15.2 Å². The molecule has 0 saturated heterocycles. The van der Waals surface area contributed by atoms with Crippen LogP contribution in [0.1, 0.15) is 17.3 Å². The zero-order valence-electron chi connectivity index (χ0n) is 15.4. The minimum atomic E-state index is -1.02. The summed E-state index contributed by atoms with van der Waals surface area (Å²) in [5, 5.41) is 12.7. The van der Waals surface area contributed by atoms with E-state index in [-0.39, 0.29) is 5.75 Å². The Labute approximate surface area is 177 Å². The third-order valence-corrected chi connectivity index (χ3v) is 4.54. The van der Waals surface area contributed by atoms with E-state index < -0.39 is 18.0 Å². The first-order valence-corrected chi connectivity index (χ1v) is 9.45. The van der Waals surface area contributed by atoms with Gasteiger partial charge in [-0.05, 0) is 60.5 Å². The molecular weight excluding hydrogens is 413 g/mol. The fourth-order valence-corrected chi connectivity index (χ4v) is 3.13. The summed E-state index contributed by atoms with van der Waals surface area (Å²) in [5.74, 6) is -0.937. The van der Waals surface area contributed by atoms with Gasteiger partial charge >= 0.3 is 5.97 Å². The predicted molar refractivity (Wildman–Crippen MR) is 114 cm³/mol. The third kappa shape index (κ3) is 5.50. The topological polar surface area (TPSA) is 75.6 Å². The molecule has 5 nitrogen and oxygen atoms in total. The largest absolute Gasteiger partial charge is 0.508 e. The lowest BCUT2D eigenvalue weighted by Crippen LogP contribution is -2.30. The highest BCUT2D eigenvalue weighted by Gasteiger charge is 2.19. The van der Waals surface area contributed by atoms with Gasteiger partial charge in [0.15, 0.2) is 6.10 Å². The minimum absolute atomic E-state index is 0.182.